The first-order valence-corrected chi connectivity index (χ1v) is 5.42. The molecule has 0 atom stereocenters. The Labute approximate surface area is 101 Å². The first kappa shape index (κ1) is 36.8. The third-order valence-corrected chi connectivity index (χ3v) is 0.289. The van der Waals surface area contributed by atoms with Crippen LogP contribution >= 0.6 is 0 Å². The normalized spacial score (nSPS) is 4.40. The fourth-order valence-electron chi connectivity index (χ4n) is 0. The highest BCUT2D eigenvalue weighted by Crippen LogP contribution is 1.66. The zero-order valence-electron chi connectivity index (χ0n) is 11.4. The molecule has 15 heavy (non-hydrogen) atoms. The molecule has 0 amide bonds. The first-order valence-electron chi connectivity index (χ1n) is 5.42. The maximum Gasteiger partial charge on any atom is -0.0382 e. The van der Waals surface area contributed by atoms with E-state index >= 15 is 0 Å². The lowest BCUT2D eigenvalue weighted by atomic mass is 10.5. The van der Waals surface area contributed by atoms with E-state index in [9.17, 15) is 0 Å². The van der Waals surface area contributed by atoms with Crippen molar-refractivity contribution >= 4 is 0 Å². The monoisotopic (exact) mass is 216 g/mol. The van der Waals surface area contributed by atoms with Gasteiger partial charge in [0, 0.05) is 0 Å². The quantitative estimate of drug-likeness (QED) is 0.430. The van der Waals surface area contributed by atoms with Gasteiger partial charge in [0.25, 0.3) is 0 Å². The van der Waals surface area contributed by atoms with E-state index in [1.54, 1.807) is 6.08 Å². The number of hydrogen-bond donors (Lipinski definition) is 0. The summed E-state index contributed by atoms with van der Waals surface area (Å²) in [6.45, 7) is 25.0. The Balaban J connectivity index is -0.0000000171. The van der Waals surface area contributed by atoms with Gasteiger partial charge in [0.1, 0.15) is 0 Å². The van der Waals surface area contributed by atoms with Crippen molar-refractivity contribution in [2.45, 2.75) is 61.8 Å². The maximum absolute atomic E-state index is 3.48. The third-order valence-electron chi connectivity index (χ3n) is 0.289. The van der Waals surface area contributed by atoms with Crippen LogP contribution in [0, 0.1) is 0 Å². The molecular weight excluding hydrogens is 180 g/mol. The largest absolute Gasteiger partial charge is 0.106 e. The summed E-state index contributed by atoms with van der Waals surface area (Å²) in [5.74, 6) is 0. The summed E-state index contributed by atoms with van der Waals surface area (Å²) in [4.78, 5) is 0. The standard InChI is InChI=1S/C4H8.C3H8.C3H6.C2H6.C2H4.CH4/c1-3-4-2;2*1-3-2;2*1-2;/h3H,1,4H2,2H3;3H2,1-2H3;3H,1H2,2H3;1-2H3;1-2H2;1H4. The van der Waals surface area contributed by atoms with Crippen molar-refractivity contribution in [3.63, 3.8) is 0 Å². The Morgan fingerprint density at radius 3 is 1.00 bits per heavy atom. The Bertz CT molecular complexity index is 53.1. The molecule has 0 rings (SSSR count). The number of allylic oxidation sites excluding steroid dienone is 2. The summed E-state index contributed by atoms with van der Waals surface area (Å²) < 4.78 is 0. The molecule has 0 nitrogen and oxygen atoms in total. The third kappa shape index (κ3) is 34400. The van der Waals surface area contributed by atoms with Gasteiger partial charge in [-0.1, -0.05) is 60.6 Å². The van der Waals surface area contributed by atoms with Gasteiger partial charge in [-0.15, -0.1) is 26.3 Å². The second-order valence-electron chi connectivity index (χ2n) is 1.81. The van der Waals surface area contributed by atoms with Crippen molar-refractivity contribution in [2.24, 2.45) is 0 Å². The van der Waals surface area contributed by atoms with Crippen molar-refractivity contribution < 1.29 is 0 Å². The van der Waals surface area contributed by atoms with Gasteiger partial charge in [-0.25, -0.2) is 0 Å². The van der Waals surface area contributed by atoms with Gasteiger partial charge in [0.15, 0.2) is 0 Å². The molecule has 0 saturated carbocycles. The summed E-state index contributed by atoms with van der Waals surface area (Å²) in [7, 11) is 0. The Kier molecular flexibility index (Phi) is 467. The minimum Gasteiger partial charge on any atom is -0.106 e. The predicted molar refractivity (Wildman–Crippen MR) is 81.7 cm³/mol. The molecule has 0 radical (unpaired) electrons. The van der Waals surface area contributed by atoms with Gasteiger partial charge >= 0.3 is 0 Å². The van der Waals surface area contributed by atoms with Crippen LogP contribution in [0.25, 0.3) is 0 Å². The smallest absolute Gasteiger partial charge is 0.0382 e. The number of hydrogen-bond acceptors (Lipinski definition) is 0. The van der Waals surface area contributed by atoms with Crippen LogP contribution in [0.15, 0.2) is 38.5 Å². The summed E-state index contributed by atoms with van der Waals surface area (Å²) in [6, 6.07) is 0. The Morgan fingerprint density at radius 2 is 1.00 bits per heavy atom. The van der Waals surface area contributed by atoms with E-state index < -0.39 is 0 Å². The molecule has 0 unspecified atom stereocenters. The lowest BCUT2D eigenvalue weighted by Gasteiger charge is -1.57. The average Bonchev–Trinajstić information content (AvgIpc) is 2.26. The molecule has 0 N–H and O–H groups in total. The summed E-state index contributed by atoms with van der Waals surface area (Å²) in [5.41, 5.74) is 0. The molecule has 0 bridgehead atoms. The van der Waals surface area contributed by atoms with E-state index in [-0.39, 0.29) is 7.43 Å². The van der Waals surface area contributed by atoms with Gasteiger partial charge in [-0.3, -0.25) is 0 Å². The van der Waals surface area contributed by atoms with E-state index in [0.29, 0.717) is 0 Å². The summed E-state index contributed by atoms with van der Waals surface area (Å²) >= 11 is 0. The van der Waals surface area contributed by atoms with E-state index in [1.165, 1.54) is 6.42 Å². The molecule has 0 aromatic carbocycles. The van der Waals surface area contributed by atoms with E-state index in [0.717, 1.165) is 6.42 Å². The van der Waals surface area contributed by atoms with Crippen molar-refractivity contribution in [1.82, 2.24) is 0 Å². The van der Waals surface area contributed by atoms with Gasteiger partial charge < -0.3 is 0 Å². The molecule has 96 valence electrons. The molecule has 0 aliphatic heterocycles. The molecule has 0 fully saturated rings. The van der Waals surface area contributed by atoms with Crippen LogP contribution < -0.4 is 0 Å². The minimum atomic E-state index is 0. The molecular formula is C15H36. The van der Waals surface area contributed by atoms with Crippen LogP contribution in [0.1, 0.15) is 61.8 Å². The summed E-state index contributed by atoms with van der Waals surface area (Å²) in [6.07, 6.45) is 5.96. The van der Waals surface area contributed by atoms with Gasteiger partial charge in [-0.2, -0.15) is 0 Å². The van der Waals surface area contributed by atoms with Crippen LogP contribution in [0.4, 0.5) is 0 Å². The van der Waals surface area contributed by atoms with Crippen molar-refractivity contribution in [2.75, 3.05) is 0 Å². The SMILES string of the molecule is C.C=C.C=CC.C=CCC.CC.CCC. The van der Waals surface area contributed by atoms with Crippen molar-refractivity contribution in [3.05, 3.63) is 38.5 Å². The highest BCUT2D eigenvalue weighted by molar-refractivity contribution is 4.60. The van der Waals surface area contributed by atoms with Crippen LogP contribution in [-0.2, 0) is 0 Å². The highest BCUT2D eigenvalue weighted by atomic mass is 13.5. The van der Waals surface area contributed by atoms with E-state index in [2.05, 4.69) is 47.1 Å². The zero-order chi connectivity index (χ0) is 12.8. The second kappa shape index (κ2) is 190. The molecule has 0 heterocycles. The van der Waals surface area contributed by atoms with Crippen molar-refractivity contribution in [1.29, 1.82) is 0 Å². The topological polar surface area (TPSA) is 0 Å². The van der Waals surface area contributed by atoms with Gasteiger partial charge in [-0.05, 0) is 13.3 Å². The van der Waals surface area contributed by atoms with Crippen LogP contribution in [0.2, 0.25) is 0 Å². The Hall–Kier alpha value is -0.780. The fourth-order valence-corrected chi connectivity index (χ4v) is 0. The summed E-state index contributed by atoms with van der Waals surface area (Å²) in [5, 5.41) is 0. The molecule has 0 aromatic heterocycles. The van der Waals surface area contributed by atoms with E-state index in [1.807, 2.05) is 26.8 Å². The lowest BCUT2D eigenvalue weighted by molar-refractivity contribution is 1.09. The molecule has 0 spiro atoms. The molecule has 0 heteroatoms. The molecule has 0 aromatic rings. The fraction of sp³-hybridized carbons (Fsp3) is 0.600. The first-order chi connectivity index (χ1) is 6.74. The molecule has 0 aliphatic carbocycles. The van der Waals surface area contributed by atoms with Crippen LogP contribution in [0.3, 0.4) is 0 Å². The van der Waals surface area contributed by atoms with Gasteiger partial charge in [0.2, 0.25) is 0 Å². The van der Waals surface area contributed by atoms with Crippen LogP contribution in [-0.4, -0.2) is 0 Å². The van der Waals surface area contributed by atoms with E-state index in [4.69, 9.17) is 0 Å². The van der Waals surface area contributed by atoms with Crippen molar-refractivity contribution in [3.8, 4) is 0 Å². The van der Waals surface area contributed by atoms with Crippen LogP contribution in [0.5, 0.6) is 0 Å². The molecule has 0 saturated heterocycles. The lowest BCUT2D eigenvalue weighted by Crippen LogP contribution is -1.36. The average molecular weight is 216 g/mol. The predicted octanol–water partition coefficient (Wildman–Crippen LogP) is 6.66. The maximum atomic E-state index is 3.48. The van der Waals surface area contributed by atoms with Gasteiger partial charge in [0.05, 0.1) is 0 Å². The molecule has 0 aliphatic rings. The minimum absolute atomic E-state index is 0. The zero-order valence-corrected chi connectivity index (χ0v) is 11.4. The number of rotatable bonds is 1. The highest BCUT2D eigenvalue weighted by Gasteiger charge is 1.45. The Morgan fingerprint density at radius 1 is 0.933 bits per heavy atom. The second-order valence-corrected chi connectivity index (χ2v) is 1.81.